The molecule has 1 spiro atoms. The van der Waals surface area contributed by atoms with Crippen molar-refractivity contribution in [3.63, 3.8) is 0 Å². The highest BCUT2D eigenvalue weighted by molar-refractivity contribution is 6.01. The number of fused-ring (bicyclic) bond motifs is 3. The fourth-order valence-electron chi connectivity index (χ4n) is 17.0. The van der Waals surface area contributed by atoms with Crippen LogP contribution in [0.5, 0.6) is 0 Å². The molecule has 0 aromatic carbocycles. The van der Waals surface area contributed by atoms with E-state index < -0.39 is 204 Å². The predicted molar refractivity (Wildman–Crippen MR) is 378 cm³/mol. The first kappa shape index (κ1) is 86.1. The van der Waals surface area contributed by atoms with Crippen LogP contribution in [-0.4, -0.2) is 290 Å². The van der Waals surface area contributed by atoms with Gasteiger partial charge in [-0.05, 0) is 146 Å². The second kappa shape index (κ2) is 37.3. The molecular weight excluding hydrogens is 1390 g/mol. The molecule has 598 valence electrons. The molecule has 12 amide bonds. The number of hydrogen-bond donors (Lipinski definition) is 3. The molecule has 3 unspecified atom stereocenters. The molecule has 106 heavy (non-hydrogen) atoms. The summed E-state index contributed by atoms with van der Waals surface area (Å²) in [5, 5.41) is 8.59. The Morgan fingerprint density at radius 3 is 1.87 bits per heavy atom. The van der Waals surface area contributed by atoms with Gasteiger partial charge in [-0.3, -0.25) is 57.5 Å². The van der Waals surface area contributed by atoms with Crippen molar-refractivity contribution in [2.75, 3.05) is 96.3 Å². The lowest BCUT2D eigenvalue weighted by Crippen LogP contribution is -2.68. The lowest BCUT2D eigenvalue weighted by atomic mass is 9.74. The minimum atomic E-state index is -4.56. The summed E-state index contributed by atoms with van der Waals surface area (Å²) in [6, 6.07) is -10.8. The molecule has 32 heteroatoms. The quantitative estimate of drug-likeness (QED) is 0.153. The maximum Gasteiger partial charge on any atom is 0.394 e. The van der Waals surface area contributed by atoms with Crippen molar-refractivity contribution < 1.29 is 93.4 Å². The van der Waals surface area contributed by atoms with E-state index in [4.69, 9.17) is 9.47 Å². The van der Waals surface area contributed by atoms with Gasteiger partial charge in [-0.1, -0.05) is 52.2 Å². The molecule has 0 radical (unpaired) electrons. The number of likely N-dealkylation sites (N-methyl/N-ethyl adjacent to an activating group) is 7. The molecule has 3 N–H and O–H groups in total. The van der Waals surface area contributed by atoms with E-state index in [0.29, 0.717) is 38.5 Å². The van der Waals surface area contributed by atoms with E-state index in [2.05, 4.69) is 16.0 Å². The van der Waals surface area contributed by atoms with Crippen LogP contribution in [-0.2, 0) is 67.0 Å². The van der Waals surface area contributed by atoms with Crippen molar-refractivity contribution in [2.24, 2.45) is 35.5 Å². The lowest BCUT2D eigenvalue weighted by molar-refractivity contribution is -0.215. The molecule has 3 aliphatic heterocycles. The van der Waals surface area contributed by atoms with Crippen LogP contribution < -0.4 is 16.0 Å². The van der Waals surface area contributed by atoms with E-state index in [9.17, 15) is 55.1 Å². The van der Waals surface area contributed by atoms with E-state index in [-0.39, 0.29) is 122 Å². The lowest BCUT2D eigenvalue weighted by Gasteiger charge is -2.46. The van der Waals surface area contributed by atoms with Crippen molar-refractivity contribution >= 4 is 70.9 Å². The largest absolute Gasteiger partial charge is 0.394 e. The van der Waals surface area contributed by atoms with Gasteiger partial charge in [0.25, 0.3) is 0 Å². The molecule has 3 heterocycles. The number of nitrogens with one attached hydrogen (secondary N) is 3. The Balaban J connectivity index is 1.31. The molecule has 7 aliphatic rings. The first-order valence-electron chi connectivity index (χ1n) is 38.1. The average Bonchev–Trinajstić information content (AvgIpc) is 1.15. The van der Waals surface area contributed by atoms with Crippen LogP contribution in [0.1, 0.15) is 175 Å². The van der Waals surface area contributed by atoms with Crippen LogP contribution in [0, 0.1) is 35.5 Å². The topological polar surface area (TPSA) is 289 Å². The summed E-state index contributed by atoms with van der Waals surface area (Å²) in [6.07, 6.45) is -5.61. The number of amides is 12. The zero-order valence-electron chi connectivity index (χ0n) is 64.2. The van der Waals surface area contributed by atoms with E-state index in [1.807, 2.05) is 0 Å². The summed E-state index contributed by atoms with van der Waals surface area (Å²) in [5.41, 5.74) is -1.63. The standard InChI is InChI=1S/C74H116F6N12O14/c1-14-44(4)61-69(102)86(8)43-60(95)88(10)53-25-18-17-21-36-91(68(53)101)56(37-45-26-30-48(31-27-45)73(75,76)77)67(100)85(7)42-58(93)81-51(33-29-46-28-32-50(74(78,79)80)57(38-46)105-13)65(98)92-41-49(106-16-3)39-54(92)64(97)83-72(34-22-35-72)71(104)90(12)62(47-23-19-20-24-47)70(103)89(11)55(66(99)84(5)6)40-59(94)87(9)52(15-2)63(96)82-61/h17-18,44-57,61-62H,14-16,19-43H2,1-13H3,(H,81,93)(H,82,96)(H,83,97)/b18-17-/t44-,45?,46?,48?,49+,50?,51-,52-,53-,54-,55-,56-,57?,61-,62-/m0/s1. The zero-order chi connectivity index (χ0) is 78.6. The predicted octanol–water partition coefficient (Wildman–Crippen LogP) is 5.44. The molecule has 2 saturated heterocycles. The van der Waals surface area contributed by atoms with Crippen LogP contribution in [0.3, 0.4) is 0 Å². The molecule has 7 rings (SSSR count). The third-order valence-corrected chi connectivity index (χ3v) is 23.9. The first-order valence-corrected chi connectivity index (χ1v) is 38.1. The average molecular weight is 1510 g/mol. The second-order valence-electron chi connectivity index (χ2n) is 31.1. The van der Waals surface area contributed by atoms with E-state index in [1.165, 1.54) is 83.1 Å². The summed E-state index contributed by atoms with van der Waals surface area (Å²) < 4.78 is 96.7. The number of carbonyl (C=O) groups excluding carboxylic acids is 12. The Labute approximate surface area is 619 Å². The van der Waals surface area contributed by atoms with Gasteiger partial charge in [0.15, 0.2) is 0 Å². The van der Waals surface area contributed by atoms with Gasteiger partial charge in [0.05, 0.1) is 43.6 Å². The molecule has 0 aromatic heterocycles. The molecule has 2 bridgehead atoms. The monoisotopic (exact) mass is 1510 g/mol. The second-order valence-corrected chi connectivity index (χ2v) is 31.1. The number of halogens is 6. The molecule has 4 aliphatic carbocycles. The van der Waals surface area contributed by atoms with Gasteiger partial charge in [0, 0.05) is 89.6 Å². The fourth-order valence-corrected chi connectivity index (χ4v) is 17.0. The molecule has 6 fully saturated rings. The van der Waals surface area contributed by atoms with Crippen molar-refractivity contribution in [3.8, 4) is 0 Å². The Bertz CT molecular complexity index is 3160. The number of rotatable bonds is 13. The van der Waals surface area contributed by atoms with Gasteiger partial charge in [0.1, 0.15) is 53.9 Å². The van der Waals surface area contributed by atoms with Gasteiger partial charge in [-0.2, -0.15) is 26.3 Å². The molecule has 26 nitrogen and oxygen atoms in total. The Morgan fingerprint density at radius 1 is 0.651 bits per heavy atom. The van der Waals surface area contributed by atoms with Crippen molar-refractivity contribution in [1.29, 1.82) is 0 Å². The van der Waals surface area contributed by atoms with E-state index in [0.717, 1.165) is 24.5 Å². The van der Waals surface area contributed by atoms with Gasteiger partial charge < -0.3 is 69.5 Å². The van der Waals surface area contributed by atoms with Crippen LogP contribution in [0.4, 0.5) is 26.3 Å². The summed E-state index contributed by atoms with van der Waals surface area (Å²) in [7, 11) is 12.2. The van der Waals surface area contributed by atoms with Crippen molar-refractivity contribution in [1.82, 2.24) is 60.0 Å². The van der Waals surface area contributed by atoms with Gasteiger partial charge >= 0.3 is 12.4 Å². The maximum atomic E-state index is 15.6. The summed E-state index contributed by atoms with van der Waals surface area (Å²) in [4.78, 5) is 191. The maximum absolute atomic E-state index is 15.6. The van der Waals surface area contributed by atoms with E-state index in [1.54, 1.807) is 39.8 Å². The normalized spacial score (nSPS) is 31.6. The minimum absolute atomic E-state index is 0.0153. The number of methoxy groups -OCH3 is 1. The number of alkyl halides is 6. The van der Waals surface area contributed by atoms with Crippen LogP contribution >= 0.6 is 0 Å². The summed E-state index contributed by atoms with van der Waals surface area (Å²) in [6.45, 7) is 5.30. The molecule has 4 saturated carbocycles. The van der Waals surface area contributed by atoms with Gasteiger partial charge in [0.2, 0.25) is 70.9 Å². The van der Waals surface area contributed by atoms with Crippen LogP contribution in [0.15, 0.2) is 12.2 Å². The van der Waals surface area contributed by atoms with Crippen molar-refractivity contribution in [3.05, 3.63) is 12.2 Å². The first-order chi connectivity index (χ1) is 49.8. The highest BCUT2D eigenvalue weighted by Gasteiger charge is 2.55. The Kier molecular flexibility index (Phi) is 30.3. The molecule has 13 atom stereocenters. The third-order valence-electron chi connectivity index (χ3n) is 23.9. The fraction of sp³-hybridized carbons (Fsp3) is 0.811. The number of nitrogens with zero attached hydrogens (tertiary/aromatic N) is 9. The van der Waals surface area contributed by atoms with Crippen LogP contribution in [0.25, 0.3) is 0 Å². The third kappa shape index (κ3) is 20.6. The number of ether oxygens (including phenoxy) is 2. The Morgan fingerprint density at radius 2 is 1.29 bits per heavy atom. The summed E-state index contributed by atoms with van der Waals surface area (Å²) in [5.74, 6) is -14.2. The number of hydrogen-bond acceptors (Lipinski definition) is 14. The zero-order valence-corrected chi connectivity index (χ0v) is 64.2. The van der Waals surface area contributed by atoms with Gasteiger partial charge in [-0.25, -0.2) is 0 Å². The van der Waals surface area contributed by atoms with E-state index >= 15 is 28.8 Å². The highest BCUT2D eigenvalue weighted by Crippen LogP contribution is 2.45. The minimum Gasteiger partial charge on any atom is -0.381 e. The smallest absolute Gasteiger partial charge is 0.381 e. The molecular formula is C74H116F6N12O14. The highest BCUT2D eigenvalue weighted by atomic mass is 19.4. The van der Waals surface area contributed by atoms with Gasteiger partial charge in [-0.15, -0.1) is 0 Å². The summed E-state index contributed by atoms with van der Waals surface area (Å²) >= 11 is 0. The van der Waals surface area contributed by atoms with Crippen molar-refractivity contribution in [2.45, 2.75) is 254 Å². The molecule has 0 aromatic rings. The number of carbonyl (C=O) groups is 12. The SMILES string of the molecule is CCO[C@@H]1C[C@H]2C(=O)NC3(CCC3)C(=O)N(C)[C@@H](C3CCCC3)C(=O)N(C)[C@H](C(=O)N(C)C)CC(=O)N(C)[C@@H](CC)C(=O)N[C@@H]([C@@H](C)CC)C(=O)N(C)CC(=O)N(C)[C@H]3C/C=C\CCN(C3=O)[C@@H](CC3CCC(C(F)(F)F)CC3)C(=O)N(C)CC(=O)N[C@@H](CCC3CCC(C(F)(F)F)C(OC)C3)C(=O)N2C1. The Hall–Kier alpha value is -7.12. The van der Waals surface area contributed by atoms with Crippen LogP contribution in [0.2, 0.25) is 0 Å².